The van der Waals surface area contributed by atoms with Gasteiger partial charge in [-0.2, -0.15) is 0 Å². The number of nitrogens with zero attached hydrogens (tertiary/aromatic N) is 2. The zero-order chi connectivity index (χ0) is 17.8. The number of anilines is 2. The van der Waals surface area contributed by atoms with Gasteiger partial charge in [-0.05, 0) is 44.4 Å². The van der Waals surface area contributed by atoms with Gasteiger partial charge in [-0.25, -0.2) is 9.97 Å². The van der Waals surface area contributed by atoms with E-state index >= 15 is 0 Å². The van der Waals surface area contributed by atoms with Crippen molar-refractivity contribution in [2.75, 3.05) is 10.6 Å². The summed E-state index contributed by atoms with van der Waals surface area (Å²) in [5, 5.41) is 6.91. The Morgan fingerprint density at radius 3 is 2.60 bits per heavy atom. The van der Waals surface area contributed by atoms with Crippen molar-refractivity contribution in [1.29, 1.82) is 0 Å². The first-order chi connectivity index (χ1) is 12.0. The van der Waals surface area contributed by atoms with Gasteiger partial charge in [0.25, 0.3) is 5.91 Å². The molecule has 1 aliphatic rings. The van der Waals surface area contributed by atoms with E-state index in [2.05, 4.69) is 20.6 Å². The number of aryl methyl sites for hydroxylation is 2. The summed E-state index contributed by atoms with van der Waals surface area (Å²) >= 11 is 6.12. The molecular weight excluding hydrogens is 336 g/mol. The van der Waals surface area contributed by atoms with Crippen LogP contribution in [0.3, 0.4) is 0 Å². The number of aromatic nitrogens is 2. The third-order valence-corrected chi connectivity index (χ3v) is 4.86. The van der Waals surface area contributed by atoms with Gasteiger partial charge in [0.05, 0.1) is 0 Å². The Morgan fingerprint density at radius 2 is 1.88 bits per heavy atom. The minimum atomic E-state index is -0.267. The molecule has 0 unspecified atom stereocenters. The number of carbonyl (C=O) groups excluding carboxylic acids is 1. The second kappa shape index (κ2) is 7.83. The van der Waals surface area contributed by atoms with Crippen LogP contribution in [0, 0.1) is 13.8 Å². The standard InChI is InChI=1S/C19H23ClN4O/c1-12-8-9-15(10-16(12)20)24-19(25)17-11-18(22-13(2)21-17)23-14-6-4-3-5-7-14/h8-11,14H,3-7H2,1-2H3,(H,24,25)(H,21,22,23). The van der Waals surface area contributed by atoms with Crippen LogP contribution in [-0.4, -0.2) is 21.9 Å². The van der Waals surface area contributed by atoms with Crippen LogP contribution in [0.2, 0.25) is 5.02 Å². The fourth-order valence-corrected chi connectivity index (χ4v) is 3.26. The molecule has 1 saturated carbocycles. The van der Waals surface area contributed by atoms with E-state index in [9.17, 15) is 4.79 Å². The van der Waals surface area contributed by atoms with Crippen molar-refractivity contribution in [2.45, 2.75) is 52.0 Å². The topological polar surface area (TPSA) is 66.9 Å². The maximum Gasteiger partial charge on any atom is 0.274 e. The quantitative estimate of drug-likeness (QED) is 0.828. The predicted molar refractivity (Wildman–Crippen MR) is 101 cm³/mol. The highest BCUT2D eigenvalue weighted by atomic mass is 35.5. The number of nitrogens with one attached hydrogen (secondary N) is 2. The molecule has 1 heterocycles. The molecule has 0 saturated heterocycles. The SMILES string of the molecule is Cc1nc(NC2CCCCC2)cc(C(=O)Nc2ccc(C)c(Cl)c2)n1. The van der Waals surface area contributed by atoms with Crippen molar-refractivity contribution >= 4 is 29.0 Å². The molecule has 1 aromatic carbocycles. The molecule has 6 heteroatoms. The molecule has 0 bridgehead atoms. The lowest BCUT2D eigenvalue weighted by Crippen LogP contribution is -2.24. The normalized spacial score (nSPS) is 15.0. The molecule has 132 valence electrons. The smallest absolute Gasteiger partial charge is 0.274 e. The molecule has 2 N–H and O–H groups in total. The molecule has 1 fully saturated rings. The molecule has 0 aliphatic heterocycles. The third-order valence-electron chi connectivity index (χ3n) is 4.46. The first-order valence-corrected chi connectivity index (χ1v) is 9.09. The lowest BCUT2D eigenvalue weighted by molar-refractivity contribution is 0.102. The van der Waals surface area contributed by atoms with Crippen LogP contribution >= 0.6 is 11.6 Å². The summed E-state index contributed by atoms with van der Waals surface area (Å²) in [7, 11) is 0. The monoisotopic (exact) mass is 358 g/mol. The van der Waals surface area contributed by atoms with Crippen molar-refractivity contribution in [2.24, 2.45) is 0 Å². The van der Waals surface area contributed by atoms with Crippen LogP contribution in [0.4, 0.5) is 11.5 Å². The van der Waals surface area contributed by atoms with Crippen molar-refractivity contribution in [3.63, 3.8) is 0 Å². The van der Waals surface area contributed by atoms with Crippen LogP contribution in [0.5, 0.6) is 0 Å². The molecule has 0 spiro atoms. The summed E-state index contributed by atoms with van der Waals surface area (Å²) in [4.78, 5) is 21.2. The Kier molecular flexibility index (Phi) is 5.53. The maximum atomic E-state index is 12.5. The minimum Gasteiger partial charge on any atom is -0.367 e. The van der Waals surface area contributed by atoms with Crippen molar-refractivity contribution in [3.05, 3.63) is 46.4 Å². The molecule has 2 aromatic rings. The summed E-state index contributed by atoms with van der Waals surface area (Å²) in [6.45, 7) is 3.72. The first-order valence-electron chi connectivity index (χ1n) is 8.71. The molecule has 0 radical (unpaired) electrons. The van der Waals surface area contributed by atoms with Gasteiger partial charge in [0.1, 0.15) is 17.3 Å². The van der Waals surface area contributed by atoms with Gasteiger partial charge >= 0.3 is 0 Å². The van der Waals surface area contributed by atoms with Gasteiger partial charge in [-0.3, -0.25) is 4.79 Å². The number of hydrogen-bond acceptors (Lipinski definition) is 4. The highest BCUT2D eigenvalue weighted by Gasteiger charge is 2.16. The summed E-state index contributed by atoms with van der Waals surface area (Å²) < 4.78 is 0. The Hall–Kier alpha value is -2.14. The molecular formula is C19H23ClN4O. The Balaban J connectivity index is 1.74. The number of halogens is 1. The molecule has 3 rings (SSSR count). The van der Waals surface area contributed by atoms with Gasteiger partial charge in [-0.1, -0.05) is 36.9 Å². The lowest BCUT2D eigenvalue weighted by Gasteiger charge is -2.23. The van der Waals surface area contributed by atoms with Crippen LogP contribution in [-0.2, 0) is 0 Å². The highest BCUT2D eigenvalue weighted by molar-refractivity contribution is 6.31. The average Bonchev–Trinajstić information content (AvgIpc) is 2.58. The number of carbonyl (C=O) groups is 1. The molecule has 25 heavy (non-hydrogen) atoms. The Labute approximate surface area is 153 Å². The zero-order valence-electron chi connectivity index (χ0n) is 14.6. The van der Waals surface area contributed by atoms with E-state index in [1.165, 1.54) is 19.3 Å². The van der Waals surface area contributed by atoms with Gasteiger partial charge in [0.2, 0.25) is 0 Å². The fraction of sp³-hybridized carbons (Fsp3) is 0.421. The second-order valence-corrected chi connectivity index (χ2v) is 6.99. The number of benzene rings is 1. The zero-order valence-corrected chi connectivity index (χ0v) is 15.4. The van der Waals surface area contributed by atoms with E-state index < -0.39 is 0 Å². The number of amides is 1. The van der Waals surface area contributed by atoms with Crippen molar-refractivity contribution in [1.82, 2.24) is 9.97 Å². The van der Waals surface area contributed by atoms with Crippen LogP contribution in [0.15, 0.2) is 24.3 Å². The summed E-state index contributed by atoms with van der Waals surface area (Å²) in [5.41, 5.74) is 1.97. The summed E-state index contributed by atoms with van der Waals surface area (Å²) in [6, 6.07) is 7.58. The van der Waals surface area contributed by atoms with Crippen LogP contribution < -0.4 is 10.6 Å². The van der Waals surface area contributed by atoms with Crippen LogP contribution in [0.1, 0.15) is 54.0 Å². The summed E-state index contributed by atoms with van der Waals surface area (Å²) in [5.74, 6) is 1.02. The van der Waals surface area contributed by atoms with Gasteiger partial charge < -0.3 is 10.6 Å². The van der Waals surface area contributed by atoms with Gasteiger partial charge in [0.15, 0.2) is 0 Å². The number of hydrogen-bond donors (Lipinski definition) is 2. The first kappa shape index (κ1) is 17.7. The van der Waals surface area contributed by atoms with Crippen molar-refractivity contribution in [3.8, 4) is 0 Å². The highest BCUT2D eigenvalue weighted by Crippen LogP contribution is 2.22. The fourth-order valence-electron chi connectivity index (χ4n) is 3.08. The van der Waals surface area contributed by atoms with E-state index in [1.54, 1.807) is 19.1 Å². The molecule has 5 nitrogen and oxygen atoms in total. The number of rotatable bonds is 4. The van der Waals surface area contributed by atoms with E-state index in [1.807, 2.05) is 19.1 Å². The lowest BCUT2D eigenvalue weighted by atomic mass is 9.95. The molecule has 1 amide bonds. The van der Waals surface area contributed by atoms with Gasteiger partial charge in [-0.15, -0.1) is 0 Å². The summed E-state index contributed by atoms with van der Waals surface area (Å²) in [6.07, 6.45) is 6.07. The largest absolute Gasteiger partial charge is 0.367 e. The Morgan fingerprint density at radius 1 is 1.12 bits per heavy atom. The van der Waals surface area contributed by atoms with Crippen LogP contribution in [0.25, 0.3) is 0 Å². The maximum absolute atomic E-state index is 12.5. The average molecular weight is 359 g/mol. The third kappa shape index (κ3) is 4.69. The molecule has 0 atom stereocenters. The van der Waals surface area contributed by atoms with Crippen molar-refractivity contribution < 1.29 is 4.79 Å². The second-order valence-electron chi connectivity index (χ2n) is 6.58. The van der Waals surface area contributed by atoms with E-state index in [0.717, 1.165) is 18.4 Å². The van der Waals surface area contributed by atoms with Gasteiger partial charge in [0, 0.05) is 22.8 Å². The molecule has 1 aliphatic carbocycles. The molecule has 1 aromatic heterocycles. The predicted octanol–water partition coefficient (Wildman–Crippen LogP) is 4.74. The minimum absolute atomic E-state index is 0.267. The Bertz CT molecular complexity index is 772. The van der Waals surface area contributed by atoms with E-state index in [-0.39, 0.29) is 5.91 Å². The van der Waals surface area contributed by atoms with E-state index in [4.69, 9.17) is 11.6 Å². The van der Waals surface area contributed by atoms with E-state index in [0.29, 0.717) is 34.1 Å².